The van der Waals surface area contributed by atoms with Crippen molar-refractivity contribution >= 4 is 11.4 Å². The third kappa shape index (κ3) is 5.93. The van der Waals surface area contributed by atoms with Gasteiger partial charge in [-0.25, -0.2) is 0 Å². The molecular weight excluding hydrogens is 504 g/mol. The van der Waals surface area contributed by atoms with Crippen LogP contribution in [0, 0.1) is 0 Å². The molecule has 0 fully saturated rings. The van der Waals surface area contributed by atoms with E-state index < -0.39 is 5.41 Å². The quantitative estimate of drug-likeness (QED) is 0.107. The Labute approximate surface area is 245 Å². The number of nitrogen functional groups attached to an aromatic ring is 2. The lowest BCUT2D eigenvalue weighted by molar-refractivity contribution is 0.305. The molecule has 0 bridgehead atoms. The normalized spacial score (nSPS) is 13.0. The Morgan fingerprint density at radius 3 is 1.32 bits per heavy atom. The fraction of sp³-hybridized carbons (Fsp3) is 0.351. The highest BCUT2D eigenvalue weighted by Gasteiger charge is 2.46. The van der Waals surface area contributed by atoms with Gasteiger partial charge in [0.25, 0.3) is 0 Å². The molecular formula is C37H44N2O2. The summed E-state index contributed by atoms with van der Waals surface area (Å²) in [5.74, 6) is 1.79. The van der Waals surface area contributed by atoms with Crippen LogP contribution in [-0.4, -0.2) is 13.2 Å². The van der Waals surface area contributed by atoms with Gasteiger partial charge < -0.3 is 20.9 Å². The molecule has 4 heteroatoms. The van der Waals surface area contributed by atoms with E-state index in [-0.39, 0.29) is 0 Å². The van der Waals surface area contributed by atoms with Crippen LogP contribution >= 0.6 is 0 Å². The second kappa shape index (κ2) is 13.2. The van der Waals surface area contributed by atoms with Crippen LogP contribution in [0.2, 0.25) is 0 Å². The molecule has 0 radical (unpaired) electrons. The summed E-state index contributed by atoms with van der Waals surface area (Å²) in [5, 5.41) is 0. The van der Waals surface area contributed by atoms with Crippen molar-refractivity contribution in [1.82, 2.24) is 0 Å². The van der Waals surface area contributed by atoms with Crippen molar-refractivity contribution in [3.05, 3.63) is 107 Å². The first-order valence-corrected chi connectivity index (χ1v) is 15.3. The highest BCUT2D eigenvalue weighted by molar-refractivity contribution is 5.88. The number of hydrogen-bond acceptors (Lipinski definition) is 4. The van der Waals surface area contributed by atoms with Gasteiger partial charge in [0.1, 0.15) is 11.5 Å². The van der Waals surface area contributed by atoms with Gasteiger partial charge in [-0.3, -0.25) is 0 Å². The van der Waals surface area contributed by atoms with E-state index in [2.05, 4.69) is 86.6 Å². The Kier molecular flexibility index (Phi) is 9.18. The number of hydrogen-bond donors (Lipinski definition) is 2. The lowest BCUT2D eigenvalue weighted by Gasteiger charge is -2.34. The SMILES string of the molecule is CCCCCCOc1ccc(C2(c3ccc(OCCCCCC)cc3)c3cc(N)ccc3-c3ccc(N)cc32)cc1. The van der Waals surface area contributed by atoms with Gasteiger partial charge in [0.15, 0.2) is 0 Å². The van der Waals surface area contributed by atoms with Crippen LogP contribution in [0.3, 0.4) is 0 Å². The highest BCUT2D eigenvalue weighted by Crippen LogP contribution is 2.57. The molecule has 214 valence electrons. The summed E-state index contributed by atoms with van der Waals surface area (Å²) in [6, 6.07) is 29.7. The summed E-state index contributed by atoms with van der Waals surface area (Å²) >= 11 is 0. The standard InChI is InChI=1S/C37H44N2O2/c1-3-5-7-9-23-40-31-17-11-27(12-18-31)37(28-13-19-32(20-14-28)41-24-10-8-6-4-2)35-25-29(38)15-21-33(35)34-22-16-30(39)26-36(34)37/h11-22,25-26H,3-10,23-24,38-39H2,1-2H3. The van der Waals surface area contributed by atoms with Gasteiger partial charge in [-0.2, -0.15) is 0 Å². The fourth-order valence-corrected chi connectivity index (χ4v) is 6.19. The van der Waals surface area contributed by atoms with E-state index in [0.29, 0.717) is 0 Å². The lowest BCUT2D eigenvalue weighted by atomic mass is 9.67. The summed E-state index contributed by atoms with van der Waals surface area (Å²) < 4.78 is 12.2. The topological polar surface area (TPSA) is 70.5 Å². The lowest BCUT2D eigenvalue weighted by Crippen LogP contribution is -2.28. The van der Waals surface area contributed by atoms with Gasteiger partial charge in [0.05, 0.1) is 18.6 Å². The molecule has 0 saturated carbocycles. The van der Waals surface area contributed by atoms with Crippen LogP contribution in [0.15, 0.2) is 84.9 Å². The van der Waals surface area contributed by atoms with Gasteiger partial charge in [0, 0.05) is 11.4 Å². The molecule has 0 aromatic heterocycles. The molecule has 5 rings (SSSR count). The van der Waals surface area contributed by atoms with Crippen molar-refractivity contribution in [3.63, 3.8) is 0 Å². The van der Waals surface area contributed by atoms with E-state index >= 15 is 0 Å². The minimum atomic E-state index is -0.575. The Morgan fingerprint density at radius 2 is 0.927 bits per heavy atom. The number of unbranched alkanes of at least 4 members (excludes halogenated alkanes) is 6. The Morgan fingerprint density at radius 1 is 0.512 bits per heavy atom. The van der Waals surface area contributed by atoms with E-state index in [4.69, 9.17) is 20.9 Å². The monoisotopic (exact) mass is 548 g/mol. The molecule has 4 N–H and O–H groups in total. The fourth-order valence-electron chi connectivity index (χ4n) is 6.19. The molecule has 0 atom stereocenters. The molecule has 0 heterocycles. The number of rotatable bonds is 14. The summed E-state index contributed by atoms with van der Waals surface area (Å²) in [7, 11) is 0. The van der Waals surface area contributed by atoms with Crippen molar-refractivity contribution in [3.8, 4) is 22.6 Å². The van der Waals surface area contributed by atoms with Crippen LogP contribution in [0.1, 0.15) is 87.5 Å². The summed E-state index contributed by atoms with van der Waals surface area (Å²) in [6.07, 6.45) is 9.50. The number of nitrogens with two attached hydrogens (primary N) is 2. The molecule has 4 aromatic carbocycles. The molecule has 4 nitrogen and oxygen atoms in total. The number of fused-ring (bicyclic) bond motifs is 3. The third-order valence-electron chi connectivity index (χ3n) is 8.29. The van der Waals surface area contributed by atoms with Crippen LogP contribution in [-0.2, 0) is 5.41 Å². The van der Waals surface area contributed by atoms with Crippen LogP contribution < -0.4 is 20.9 Å². The first kappa shape index (κ1) is 28.6. The van der Waals surface area contributed by atoms with Crippen LogP contribution in [0.25, 0.3) is 11.1 Å². The zero-order chi connectivity index (χ0) is 28.7. The molecule has 0 saturated heterocycles. The van der Waals surface area contributed by atoms with Crippen LogP contribution in [0.4, 0.5) is 11.4 Å². The van der Waals surface area contributed by atoms with Gasteiger partial charge in [-0.15, -0.1) is 0 Å². The summed E-state index contributed by atoms with van der Waals surface area (Å²) in [4.78, 5) is 0. The van der Waals surface area contributed by atoms with E-state index in [1.807, 2.05) is 12.1 Å². The Balaban J connectivity index is 1.55. The van der Waals surface area contributed by atoms with Crippen molar-refractivity contribution < 1.29 is 9.47 Å². The highest BCUT2D eigenvalue weighted by atomic mass is 16.5. The molecule has 0 aliphatic heterocycles. The zero-order valence-electron chi connectivity index (χ0n) is 24.6. The van der Waals surface area contributed by atoms with Gasteiger partial charge in [0.2, 0.25) is 0 Å². The first-order valence-electron chi connectivity index (χ1n) is 15.3. The molecule has 0 spiro atoms. The Bertz CT molecular complexity index is 1320. The summed E-state index contributed by atoms with van der Waals surface area (Å²) in [6.45, 7) is 5.93. The van der Waals surface area contributed by atoms with E-state index in [9.17, 15) is 0 Å². The van der Waals surface area contributed by atoms with E-state index in [0.717, 1.165) is 60.1 Å². The average molecular weight is 549 g/mol. The number of anilines is 2. The van der Waals surface area contributed by atoms with Crippen molar-refractivity contribution in [2.75, 3.05) is 24.7 Å². The molecule has 4 aromatic rings. The maximum Gasteiger partial charge on any atom is 0.119 e. The predicted octanol–water partition coefficient (Wildman–Crippen LogP) is 9.13. The number of benzene rings is 4. The van der Waals surface area contributed by atoms with E-state index in [1.165, 1.54) is 60.8 Å². The second-order valence-electron chi connectivity index (χ2n) is 11.2. The molecule has 0 amide bonds. The van der Waals surface area contributed by atoms with E-state index in [1.54, 1.807) is 0 Å². The van der Waals surface area contributed by atoms with Crippen molar-refractivity contribution in [2.24, 2.45) is 0 Å². The van der Waals surface area contributed by atoms with Gasteiger partial charge in [-0.05, 0) is 94.8 Å². The largest absolute Gasteiger partial charge is 0.494 e. The molecule has 0 unspecified atom stereocenters. The zero-order valence-corrected chi connectivity index (χ0v) is 24.6. The molecule has 41 heavy (non-hydrogen) atoms. The van der Waals surface area contributed by atoms with Gasteiger partial charge in [-0.1, -0.05) is 88.8 Å². The third-order valence-corrected chi connectivity index (χ3v) is 8.29. The minimum Gasteiger partial charge on any atom is -0.494 e. The van der Waals surface area contributed by atoms with Crippen LogP contribution in [0.5, 0.6) is 11.5 Å². The number of ether oxygens (including phenoxy) is 2. The first-order chi connectivity index (χ1) is 20.1. The molecule has 1 aliphatic carbocycles. The molecule has 1 aliphatic rings. The van der Waals surface area contributed by atoms with Crippen molar-refractivity contribution in [2.45, 2.75) is 70.6 Å². The predicted molar refractivity (Wildman–Crippen MR) is 172 cm³/mol. The maximum atomic E-state index is 6.44. The van der Waals surface area contributed by atoms with Crippen molar-refractivity contribution in [1.29, 1.82) is 0 Å². The smallest absolute Gasteiger partial charge is 0.119 e. The summed E-state index contributed by atoms with van der Waals surface area (Å²) in [5.41, 5.74) is 20.8. The maximum absolute atomic E-state index is 6.44. The average Bonchev–Trinajstić information content (AvgIpc) is 3.27. The second-order valence-corrected chi connectivity index (χ2v) is 11.2. The minimum absolute atomic E-state index is 0.575. The van der Waals surface area contributed by atoms with Gasteiger partial charge >= 0.3 is 0 Å². The Hall–Kier alpha value is -3.92.